The van der Waals surface area contributed by atoms with Crippen molar-refractivity contribution in [1.82, 2.24) is 9.55 Å². The molecule has 0 aliphatic heterocycles. The molecule has 4 heteroatoms. The molecule has 0 aliphatic carbocycles. The maximum Gasteiger partial charge on any atom is 0.330 e. The highest BCUT2D eigenvalue weighted by Crippen LogP contribution is 2.12. The average molecular weight is 232 g/mol. The fourth-order valence-electron chi connectivity index (χ4n) is 1.94. The summed E-state index contributed by atoms with van der Waals surface area (Å²) >= 11 is 0. The molecule has 1 aromatic carbocycles. The van der Waals surface area contributed by atoms with E-state index < -0.39 is 0 Å². The molecule has 2 aromatic rings. The van der Waals surface area contributed by atoms with Gasteiger partial charge in [0.1, 0.15) is 0 Å². The number of aromatic amines is 1. The molecule has 0 saturated carbocycles. The van der Waals surface area contributed by atoms with Crippen molar-refractivity contribution in [3.05, 3.63) is 52.2 Å². The Kier molecular flexibility index (Phi) is 3.15. The highest BCUT2D eigenvalue weighted by Gasteiger charge is 2.06. The van der Waals surface area contributed by atoms with Gasteiger partial charge in [0.15, 0.2) is 0 Å². The third kappa shape index (κ3) is 2.47. The van der Waals surface area contributed by atoms with Gasteiger partial charge in [-0.25, -0.2) is 4.79 Å². The summed E-state index contributed by atoms with van der Waals surface area (Å²) in [5.74, 6) is 0. The van der Waals surface area contributed by atoms with E-state index in [-0.39, 0.29) is 11.8 Å². The molecule has 17 heavy (non-hydrogen) atoms. The first-order valence-electron chi connectivity index (χ1n) is 5.62. The van der Waals surface area contributed by atoms with Crippen LogP contribution in [0.2, 0.25) is 0 Å². The van der Waals surface area contributed by atoms with Crippen LogP contribution in [0.1, 0.15) is 18.2 Å². The summed E-state index contributed by atoms with van der Waals surface area (Å²) in [4.78, 5) is 14.3. The normalized spacial score (nSPS) is 12.6. The van der Waals surface area contributed by atoms with E-state index in [1.165, 1.54) is 0 Å². The molecule has 0 amide bonds. The maximum atomic E-state index is 11.6. The largest absolute Gasteiger partial charge is 0.393 e. The third-order valence-corrected chi connectivity index (χ3v) is 2.66. The van der Waals surface area contributed by atoms with Gasteiger partial charge in [0.25, 0.3) is 0 Å². The first-order chi connectivity index (χ1) is 8.08. The van der Waals surface area contributed by atoms with Crippen LogP contribution in [0.5, 0.6) is 0 Å². The van der Waals surface area contributed by atoms with Crippen LogP contribution < -0.4 is 5.69 Å². The number of H-pyrrole nitrogens is 1. The lowest BCUT2D eigenvalue weighted by atomic mass is 10.1. The number of imidazole rings is 1. The SMILES string of the molecule is Cc1c[nH]c(=O)n1-c1cccc(CC(C)O)c1. The predicted molar refractivity (Wildman–Crippen MR) is 66.5 cm³/mol. The Morgan fingerprint density at radius 1 is 1.47 bits per heavy atom. The van der Waals surface area contributed by atoms with Crippen molar-refractivity contribution >= 4 is 0 Å². The minimum Gasteiger partial charge on any atom is -0.393 e. The summed E-state index contributed by atoms with van der Waals surface area (Å²) in [6, 6.07) is 7.65. The van der Waals surface area contributed by atoms with E-state index in [1.807, 2.05) is 31.2 Å². The molecule has 1 unspecified atom stereocenters. The Hall–Kier alpha value is -1.81. The van der Waals surface area contributed by atoms with E-state index >= 15 is 0 Å². The smallest absolute Gasteiger partial charge is 0.330 e. The van der Waals surface area contributed by atoms with Crippen molar-refractivity contribution in [2.75, 3.05) is 0 Å². The Bertz CT molecular complexity index is 567. The summed E-state index contributed by atoms with van der Waals surface area (Å²) in [6.07, 6.45) is 1.89. The number of benzene rings is 1. The zero-order valence-electron chi connectivity index (χ0n) is 9.97. The lowest BCUT2D eigenvalue weighted by Crippen LogP contribution is -2.16. The minimum atomic E-state index is -0.380. The molecule has 2 rings (SSSR count). The van der Waals surface area contributed by atoms with Gasteiger partial charge < -0.3 is 10.1 Å². The highest BCUT2D eigenvalue weighted by molar-refractivity contribution is 5.37. The van der Waals surface area contributed by atoms with E-state index in [0.717, 1.165) is 16.9 Å². The van der Waals surface area contributed by atoms with Gasteiger partial charge in [0, 0.05) is 11.9 Å². The minimum absolute atomic E-state index is 0.142. The first kappa shape index (κ1) is 11.7. The summed E-state index contributed by atoms with van der Waals surface area (Å²) in [6.45, 7) is 3.62. The summed E-state index contributed by atoms with van der Waals surface area (Å²) in [7, 11) is 0. The number of rotatable bonds is 3. The number of hydrogen-bond acceptors (Lipinski definition) is 2. The molecule has 0 aliphatic rings. The zero-order valence-corrected chi connectivity index (χ0v) is 9.97. The van der Waals surface area contributed by atoms with Crippen molar-refractivity contribution in [3.63, 3.8) is 0 Å². The first-order valence-corrected chi connectivity index (χ1v) is 5.62. The molecule has 0 fully saturated rings. The van der Waals surface area contributed by atoms with E-state index in [0.29, 0.717) is 6.42 Å². The molecule has 1 aromatic heterocycles. The monoisotopic (exact) mass is 232 g/mol. The maximum absolute atomic E-state index is 11.6. The van der Waals surface area contributed by atoms with Gasteiger partial charge in [-0.15, -0.1) is 0 Å². The third-order valence-electron chi connectivity index (χ3n) is 2.66. The number of aliphatic hydroxyl groups excluding tert-OH is 1. The lowest BCUT2D eigenvalue weighted by Gasteiger charge is -2.08. The molecular formula is C13H16N2O2. The predicted octanol–water partition coefficient (Wildman–Crippen LogP) is 1.40. The molecule has 0 bridgehead atoms. The van der Waals surface area contributed by atoms with Crippen molar-refractivity contribution < 1.29 is 5.11 Å². The van der Waals surface area contributed by atoms with Gasteiger partial charge in [0.2, 0.25) is 0 Å². The van der Waals surface area contributed by atoms with Crippen LogP contribution >= 0.6 is 0 Å². The van der Waals surface area contributed by atoms with Crippen molar-refractivity contribution in [2.45, 2.75) is 26.4 Å². The molecule has 1 heterocycles. The topological polar surface area (TPSA) is 58.0 Å². The number of aryl methyl sites for hydroxylation is 1. The second-order valence-corrected chi connectivity index (χ2v) is 4.29. The summed E-state index contributed by atoms with van der Waals surface area (Å²) in [5, 5.41) is 9.36. The van der Waals surface area contributed by atoms with E-state index in [4.69, 9.17) is 0 Å². The fourth-order valence-corrected chi connectivity index (χ4v) is 1.94. The molecule has 0 spiro atoms. The Morgan fingerprint density at radius 3 is 2.82 bits per heavy atom. The molecule has 4 nitrogen and oxygen atoms in total. The molecular weight excluding hydrogens is 216 g/mol. The molecule has 2 N–H and O–H groups in total. The van der Waals surface area contributed by atoms with Crippen LogP contribution in [0.15, 0.2) is 35.3 Å². The Balaban J connectivity index is 2.43. The van der Waals surface area contributed by atoms with Gasteiger partial charge in [-0.3, -0.25) is 4.57 Å². The van der Waals surface area contributed by atoms with Crippen LogP contribution in [-0.4, -0.2) is 20.8 Å². The Morgan fingerprint density at radius 2 is 2.24 bits per heavy atom. The van der Waals surface area contributed by atoms with Gasteiger partial charge in [-0.1, -0.05) is 12.1 Å². The van der Waals surface area contributed by atoms with Crippen LogP contribution in [0.3, 0.4) is 0 Å². The number of nitrogens with one attached hydrogen (secondary N) is 1. The molecule has 0 saturated heterocycles. The number of aromatic nitrogens is 2. The van der Waals surface area contributed by atoms with E-state index in [1.54, 1.807) is 17.7 Å². The molecule has 1 atom stereocenters. The summed E-state index contributed by atoms with van der Waals surface area (Å²) in [5.41, 5.74) is 2.57. The zero-order chi connectivity index (χ0) is 12.4. The quantitative estimate of drug-likeness (QED) is 0.840. The van der Waals surface area contributed by atoms with Crippen LogP contribution in [0.4, 0.5) is 0 Å². The van der Waals surface area contributed by atoms with Crippen LogP contribution in [0.25, 0.3) is 5.69 Å². The van der Waals surface area contributed by atoms with Crippen molar-refractivity contribution in [1.29, 1.82) is 0 Å². The van der Waals surface area contributed by atoms with Gasteiger partial charge in [-0.2, -0.15) is 0 Å². The highest BCUT2D eigenvalue weighted by atomic mass is 16.3. The average Bonchev–Trinajstić information content (AvgIpc) is 2.58. The number of aliphatic hydroxyl groups is 1. The molecule has 0 radical (unpaired) electrons. The summed E-state index contributed by atoms with van der Waals surface area (Å²) < 4.78 is 1.62. The second-order valence-electron chi connectivity index (χ2n) is 4.29. The number of hydrogen-bond donors (Lipinski definition) is 2. The van der Waals surface area contributed by atoms with E-state index in [9.17, 15) is 9.90 Å². The second kappa shape index (κ2) is 4.59. The van der Waals surface area contributed by atoms with Gasteiger partial charge in [0.05, 0.1) is 11.8 Å². The van der Waals surface area contributed by atoms with Crippen LogP contribution in [0, 0.1) is 6.92 Å². The van der Waals surface area contributed by atoms with Crippen LogP contribution in [-0.2, 0) is 6.42 Å². The standard InChI is InChI=1S/C13H16N2O2/c1-9-8-14-13(17)15(9)12-5-3-4-11(7-12)6-10(2)16/h3-5,7-8,10,16H,6H2,1-2H3,(H,14,17). The lowest BCUT2D eigenvalue weighted by molar-refractivity contribution is 0.195. The fraction of sp³-hybridized carbons (Fsp3) is 0.308. The van der Waals surface area contributed by atoms with Crippen molar-refractivity contribution in [2.24, 2.45) is 0 Å². The molecule has 90 valence electrons. The number of nitrogens with zero attached hydrogens (tertiary/aromatic N) is 1. The Labute approximate surface area is 99.5 Å². The van der Waals surface area contributed by atoms with E-state index in [2.05, 4.69) is 4.98 Å². The van der Waals surface area contributed by atoms with Crippen molar-refractivity contribution in [3.8, 4) is 5.69 Å². The van der Waals surface area contributed by atoms with Gasteiger partial charge in [-0.05, 0) is 38.0 Å². The van der Waals surface area contributed by atoms with Gasteiger partial charge >= 0.3 is 5.69 Å².